The highest BCUT2D eigenvalue weighted by Gasteiger charge is 2.37. The molecule has 1 fully saturated rings. The average Bonchev–Trinajstić information content (AvgIpc) is 2.89. The molecule has 0 amide bonds. The van der Waals surface area contributed by atoms with Gasteiger partial charge in [0.1, 0.15) is 0 Å². The Kier molecular flexibility index (Phi) is 3.01. The summed E-state index contributed by atoms with van der Waals surface area (Å²) in [4.78, 5) is 1.41. The molecule has 0 unspecified atom stereocenters. The Balaban J connectivity index is 1.87. The van der Waals surface area contributed by atoms with Gasteiger partial charge in [-0.3, -0.25) is 0 Å². The first-order valence-corrected chi connectivity index (χ1v) is 6.68. The van der Waals surface area contributed by atoms with Crippen molar-refractivity contribution in [2.75, 3.05) is 0 Å². The van der Waals surface area contributed by atoms with Crippen LogP contribution in [-0.4, -0.2) is 5.54 Å². The van der Waals surface area contributed by atoms with Gasteiger partial charge >= 0.3 is 0 Å². The van der Waals surface area contributed by atoms with Crippen molar-refractivity contribution >= 4 is 27.3 Å². The number of halogens is 1. The van der Waals surface area contributed by atoms with E-state index >= 15 is 0 Å². The Morgan fingerprint density at radius 1 is 1.50 bits per heavy atom. The smallest absolute Gasteiger partial charge is 0.0701 e. The first kappa shape index (κ1) is 10.7. The molecule has 1 aromatic rings. The van der Waals surface area contributed by atoms with Gasteiger partial charge in [0.2, 0.25) is 0 Å². The van der Waals surface area contributed by atoms with Gasteiger partial charge < -0.3 is 5.32 Å². The molecule has 2 rings (SSSR count). The van der Waals surface area contributed by atoms with Crippen molar-refractivity contribution in [1.82, 2.24) is 5.32 Å². The molecule has 0 saturated heterocycles. The van der Waals surface area contributed by atoms with Crippen LogP contribution in [0, 0.1) is 5.92 Å². The zero-order valence-electron chi connectivity index (χ0n) is 8.64. The van der Waals surface area contributed by atoms with Crippen LogP contribution < -0.4 is 5.32 Å². The molecule has 78 valence electrons. The highest BCUT2D eigenvalue weighted by atomic mass is 79.9. The molecular formula is C11H16BrNS. The van der Waals surface area contributed by atoms with E-state index in [1.165, 1.54) is 21.5 Å². The summed E-state index contributed by atoms with van der Waals surface area (Å²) < 4.78 is 1.22. The zero-order chi connectivity index (χ0) is 10.2. The van der Waals surface area contributed by atoms with Crippen molar-refractivity contribution in [1.29, 1.82) is 0 Å². The van der Waals surface area contributed by atoms with Gasteiger partial charge in [-0.15, -0.1) is 11.3 Å². The maximum absolute atomic E-state index is 3.64. The second-order valence-electron chi connectivity index (χ2n) is 4.56. The van der Waals surface area contributed by atoms with Crippen molar-refractivity contribution in [2.45, 2.75) is 38.8 Å². The number of nitrogens with one attached hydrogen (secondary N) is 1. The van der Waals surface area contributed by atoms with E-state index in [4.69, 9.17) is 0 Å². The lowest BCUT2D eigenvalue weighted by Crippen LogP contribution is -2.40. The largest absolute Gasteiger partial charge is 0.307 e. The molecule has 0 bridgehead atoms. The number of thiophene rings is 1. The second-order valence-corrected chi connectivity index (χ2v) is 7.10. The lowest BCUT2D eigenvalue weighted by Gasteiger charge is -2.25. The fraction of sp³-hybridized carbons (Fsp3) is 0.636. The molecule has 1 saturated carbocycles. The van der Waals surface area contributed by atoms with Gasteiger partial charge in [-0.1, -0.05) is 0 Å². The summed E-state index contributed by atoms with van der Waals surface area (Å²) in [5.74, 6) is 0.894. The minimum atomic E-state index is 0.316. The summed E-state index contributed by atoms with van der Waals surface area (Å²) in [6.07, 6.45) is 2.79. The maximum Gasteiger partial charge on any atom is 0.0701 e. The minimum Gasteiger partial charge on any atom is -0.307 e. The van der Waals surface area contributed by atoms with Crippen molar-refractivity contribution < 1.29 is 0 Å². The van der Waals surface area contributed by atoms with Gasteiger partial charge in [0.05, 0.1) is 3.79 Å². The van der Waals surface area contributed by atoms with Gasteiger partial charge in [0, 0.05) is 17.0 Å². The molecule has 3 heteroatoms. The molecule has 14 heavy (non-hydrogen) atoms. The lowest BCUT2D eigenvalue weighted by atomic mass is 9.99. The van der Waals surface area contributed by atoms with Crippen LogP contribution in [0.5, 0.6) is 0 Å². The third-order valence-corrected chi connectivity index (χ3v) is 4.57. The summed E-state index contributed by atoms with van der Waals surface area (Å²) in [5.41, 5.74) is 0.316. The molecule has 1 aliphatic rings. The highest BCUT2D eigenvalue weighted by Crippen LogP contribution is 2.39. The van der Waals surface area contributed by atoms with Crippen molar-refractivity contribution in [3.05, 3.63) is 20.8 Å². The lowest BCUT2D eigenvalue weighted by molar-refractivity contribution is 0.341. The van der Waals surface area contributed by atoms with E-state index in [1.54, 1.807) is 0 Å². The molecule has 1 heterocycles. The van der Waals surface area contributed by atoms with Gasteiger partial charge in [0.15, 0.2) is 0 Å². The zero-order valence-corrected chi connectivity index (χ0v) is 11.0. The van der Waals surface area contributed by atoms with E-state index in [9.17, 15) is 0 Å². The van der Waals surface area contributed by atoms with E-state index in [0.717, 1.165) is 12.5 Å². The van der Waals surface area contributed by atoms with E-state index in [2.05, 4.69) is 47.2 Å². The summed E-state index contributed by atoms with van der Waals surface area (Å²) in [6.45, 7) is 5.63. The summed E-state index contributed by atoms with van der Waals surface area (Å²) in [6, 6.07) is 4.30. The van der Waals surface area contributed by atoms with Gasteiger partial charge in [0.25, 0.3) is 0 Å². The van der Waals surface area contributed by atoms with Crippen molar-refractivity contribution in [3.63, 3.8) is 0 Å². The van der Waals surface area contributed by atoms with Gasteiger partial charge in [-0.2, -0.15) is 0 Å². The Labute approximate surface area is 98.0 Å². The predicted molar refractivity (Wildman–Crippen MR) is 65.7 cm³/mol. The van der Waals surface area contributed by atoms with Crippen LogP contribution in [0.2, 0.25) is 0 Å². The molecule has 1 aliphatic carbocycles. The third kappa shape index (κ3) is 2.59. The predicted octanol–water partition coefficient (Wildman–Crippen LogP) is 3.79. The van der Waals surface area contributed by atoms with Crippen molar-refractivity contribution in [2.24, 2.45) is 5.92 Å². The monoisotopic (exact) mass is 273 g/mol. The third-order valence-electron chi connectivity index (χ3n) is 2.95. The van der Waals surface area contributed by atoms with E-state index in [1.807, 2.05) is 11.3 Å². The Bertz CT molecular complexity index is 315. The molecule has 0 spiro atoms. The van der Waals surface area contributed by atoms with Crippen LogP contribution in [0.4, 0.5) is 0 Å². The van der Waals surface area contributed by atoms with Gasteiger partial charge in [-0.05, 0) is 60.7 Å². The molecule has 0 radical (unpaired) electrons. The van der Waals surface area contributed by atoms with Crippen LogP contribution in [0.3, 0.4) is 0 Å². The second kappa shape index (κ2) is 3.95. The SMILES string of the molecule is CC(C)(NCc1ccc(Br)s1)C1CC1. The first-order valence-electron chi connectivity index (χ1n) is 5.07. The van der Waals surface area contributed by atoms with Crippen LogP contribution >= 0.6 is 27.3 Å². The number of hydrogen-bond acceptors (Lipinski definition) is 2. The Morgan fingerprint density at radius 2 is 2.21 bits per heavy atom. The van der Waals surface area contributed by atoms with Crippen LogP contribution in [-0.2, 0) is 6.54 Å². The quantitative estimate of drug-likeness (QED) is 0.880. The van der Waals surface area contributed by atoms with E-state index < -0.39 is 0 Å². The summed E-state index contributed by atoms with van der Waals surface area (Å²) in [7, 11) is 0. The molecule has 1 N–H and O–H groups in total. The standard InChI is InChI=1S/C11H16BrNS/c1-11(2,8-3-4-8)13-7-9-5-6-10(12)14-9/h5-6,8,13H,3-4,7H2,1-2H3. The van der Waals surface area contributed by atoms with Crippen LogP contribution in [0.15, 0.2) is 15.9 Å². The van der Waals surface area contributed by atoms with Crippen LogP contribution in [0.1, 0.15) is 31.6 Å². The fourth-order valence-electron chi connectivity index (χ4n) is 1.71. The number of hydrogen-bond donors (Lipinski definition) is 1. The topological polar surface area (TPSA) is 12.0 Å². The summed E-state index contributed by atoms with van der Waals surface area (Å²) >= 11 is 5.30. The van der Waals surface area contributed by atoms with Gasteiger partial charge in [-0.25, -0.2) is 0 Å². The molecule has 1 aromatic heterocycles. The fourth-order valence-corrected chi connectivity index (χ4v) is 3.13. The average molecular weight is 274 g/mol. The molecule has 0 aliphatic heterocycles. The Hall–Kier alpha value is 0.140. The van der Waals surface area contributed by atoms with Crippen LogP contribution in [0.25, 0.3) is 0 Å². The van der Waals surface area contributed by atoms with E-state index in [0.29, 0.717) is 5.54 Å². The highest BCUT2D eigenvalue weighted by molar-refractivity contribution is 9.11. The summed E-state index contributed by atoms with van der Waals surface area (Å²) in [5, 5.41) is 3.64. The normalized spacial score (nSPS) is 17.4. The minimum absolute atomic E-state index is 0.316. The van der Waals surface area contributed by atoms with E-state index in [-0.39, 0.29) is 0 Å². The molecular weight excluding hydrogens is 258 g/mol. The van der Waals surface area contributed by atoms with Crippen molar-refractivity contribution in [3.8, 4) is 0 Å². The maximum atomic E-state index is 3.64. The molecule has 1 nitrogen and oxygen atoms in total. The first-order chi connectivity index (χ1) is 6.58. The molecule has 0 atom stereocenters. The molecule has 0 aromatic carbocycles. The number of rotatable bonds is 4. The Morgan fingerprint density at radius 3 is 2.71 bits per heavy atom.